The van der Waals surface area contributed by atoms with Crippen LogP contribution >= 0.6 is 0 Å². The van der Waals surface area contributed by atoms with E-state index in [1.807, 2.05) is 0 Å². The first-order valence-electron chi connectivity index (χ1n) is 6.77. The van der Waals surface area contributed by atoms with Crippen molar-refractivity contribution >= 4 is 0 Å². The van der Waals surface area contributed by atoms with Crippen molar-refractivity contribution in [3.63, 3.8) is 0 Å². The summed E-state index contributed by atoms with van der Waals surface area (Å²) in [5, 5.41) is 12.9. The summed E-state index contributed by atoms with van der Waals surface area (Å²) in [5.74, 6) is 3.05. The molecule has 2 nitrogen and oxygen atoms in total. The minimum absolute atomic E-state index is 0.270. The van der Waals surface area contributed by atoms with Crippen molar-refractivity contribution in [1.82, 2.24) is 5.32 Å². The van der Waals surface area contributed by atoms with Crippen molar-refractivity contribution < 1.29 is 5.11 Å². The number of hydrogen-bond acceptors (Lipinski definition) is 2. The summed E-state index contributed by atoms with van der Waals surface area (Å²) in [4.78, 5) is 0. The van der Waals surface area contributed by atoms with Gasteiger partial charge in [0.1, 0.15) is 0 Å². The molecule has 2 rings (SSSR count). The molecule has 5 atom stereocenters. The van der Waals surface area contributed by atoms with Crippen LogP contribution in [-0.4, -0.2) is 24.3 Å². The van der Waals surface area contributed by atoms with Crippen LogP contribution in [0, 0.1) is 23.7 Å². The molecule has 0 aromatic heterocycles. The van der Waals surface area contributed by atoms with Crippen LogP contribution in [0.3, 0.4) is 0 Å². The third-order valence-corrected chi connectivity index (χ3v) is 4.59. The van der Waals surface area contributed by atoms with Crippen molar-refractivity contribution in [1.29, 1.82) is 0 Å². The zero-order valence-electron chi connectivity index (χ0n) is 10.5. The normalized spacial score (nSPS) is 35.6. The van der Waals surface area contributed by atoms with Crippen LogP contribution in [0.15, 0.2) is 12.2 Å². The third-order valence-electron chi connectivity index (χ3n) is 4.59. The van der Waals surface area contributed by atoms with E-state index in [1.165, 1.54) is 12.8 Å². The van der Waals surface area contributed by atoms with Crippen LogP contribution in [0.5, 0.6) is 0 Å². The zero-order valence-corrected chi connectivity index (χ0v) is 10.5. The molecule has 0 saturated heterocycles. The highest BCUT2D eigenvalue weighted by Gasteiger charge is 2.35. The van der Waals surface area contributed by atoms with Crippen LogP contribution < -0.4 is 5.32 Å². The van der Waals surface area contributed by atoms with Gasteiger partial charge in [-0.2, -0.15) is 0 Å². The van der Waals surface area contributed by atoms with Gasteiger partial charge in [0.15, 0.2) is 0 Å². The molecule has 0 amide bonds. The van der Waals surface area contributed by atoms with Crippen LogP contribution in [0.25, 0.3) is 0 Å². The van der Waals surface area contributed by atoms with Crippen LogP contribution in [0.4, 0.5) is 0 Å². The quantitative estimate of drug-likeness (QED) is 0.677. The largest absolute Gasteiger partial charge is 0.395 e. The SMILES string of the molecule is CCC(C)C(CO)NCC1CC2C=CC1C2. The second-order valence-electron chi connectivity index (χ2n) is 5.62. The van der Waals surface area contributed by atoms with Gasteiger partial charge in [0.2, 0.25) is 0 Å². The molecule has 0 aliphatic heterocycles. The van der Waals surface area contributed by atoms with E-state index in [-0.39, 0.29) is 12.6 Å². The molecule has 1 saturated carbocycles. The Labute approximate surface area is 99.1 Å². The Morgan fingerprint density at radius 3 is 2.69 bits per heavy atom. The lowest BCUT2D eigenvalue weighted by Crippen LogP contribution is -2.41. The molecule has 2 aliphatic rings. The van der Waals surface area contributed by atoms with E-state index in [0.717, 1.165) is 30.7 Å². The summed E-state index contributed by atoms with van der Waals surface area (Å²) < 4.78 is 0. The average Bonchev–Trinajstić information content (AvgIpc) is 2.91. The molecule has 2 aliphatic carbocycles. The Morgan fingerprint density at radius 1 is 1.38 bits per heavy atom. The molecule has 0 heterocycles. The van der Waals surface area contributed by atoms with E-state index >= 15 is 0 Å². The highest BCUT2D eigenvalue weighted by Crippen LogP contribution is 2.43. The molecule has 1 fully saturated rings. The number of aliphatic hydroxyl groups excluding tert-OH is 1. The van der Waals surface area contributed by atoms with Gasteiger partial charge in [-0.05, 0) is 43.1 Å². The van der Waals surface area contributed by atoms with Gasteiger partial charge in [0.25, 0.3) is 0 Å². The first-order valence-corrected chi connectivity index (χ1v) is 6.77. The highest BCUT2D eigenvalue weighted by atomic mass is 16.3. The number of hydrogen-bond donors (Lipinski definition) is 2. The molecule has 0 aromatic rings. The fourth-order valence-corrected chi connectivity index (χ4v) is 3.16. The first kappa shape index (κ1) is 12.1. The summed E-state index contributed by atoms with van der Waals surface area (Å²) in [6.45, 7) is 5.76. The second-order valence-corrected chi connectivity index (χ2v) is 5.62. The van der Waals surface area contributed by atoms with Gasteiger partial charge >= 0.3 is 0 Å². The predicted molar refractivity (Wildman–Crippen MR) is 67.2 cm³/mol. The van der Waals surface area contributed by atoms with Crippen LogP contribution in [0.2, 0.25) is 0 Å². The number of allylic oxidation sites excluding steroid dienone is 2. The Bertz CT molecular complexity index is 251. The Kier molecular flexibility index (Phi) is 4.04. The van der Waals surface area contributed by atoms with Crippen molar-refractivity contribution in [2.75, 3.05) is 13.2 Å². The van der Waals surface area contributed by atoms with Crippen molar-refractivity contribution in [2.45, 2.75) is 39.2 Å². The van der Waals surface area contributed by atoms with E-state index in [9.17, 15) is 5.11 Å². The fraction of sp³-hybridized carbons (Fsp3) is 0.857. The Morgan fingerprint density at radius 2 is 2.19 bits per heavy atom. The minimum Gasteiger partial charge on any atom is -0.395 e. The number of aliphatic hydroxyl groups is 1. The molecule has 5 unspecified atom stereocenters. The molecule has 16 heavy (non-hydrogen) atoms. The van der Waals surface area contributed by atoms with E-state index in [1.54, 1.807) is 0 Å². The maximum absolute atomic E-state index is 9.36. The maximum atomic E-state index is 9.36. The zero-order chi connectivity index (χ0) is 11.5. The van der Waals surface area contributed by atoms with Gasteiger partial charge in [0, 0.05) is 6.04 Å². The Hall–Kier alpha value is -0.340. The summed E-state index contributed by atoms with van der Waals surface area (Å²) >= 11 is 0. The Balaban J connectivity index is 1.76. The molecule has 2 N–H and O–H groups in total. The van der Waals surface area contributed by atoms with Gasteiger partial charge < -0.3 is 10.4 Å². The molecule has 2 bridgehead atoms. The standard InChI is InChI=1S/C14H25NO/c1-3-10(2)14(9-16)15-8-13-7-11-4-5-12(13)6-11/h4-5,10-16H,3,6-9H2,1-2H3. The van der Waals surface area contributed by atoms with Gasteiger partial charge in [-0.1, -0.05) is 32.4 Å². The molecule has 2 heteroatoms. The van der Waals surface area contributed by atoms with Gasteiger partial charge in [-0.3, -0.25) is 0 Å². The van der Waals surface area contributed by atoms with E-state index in [0.29, 0.717) is 5.92 Å². The van der Waals surface area contributed by atoms with Crippen LogP contribution in [0.1, 0.15) is 33.1 Å². The molecule has 0 aromatic carbocycles. The minimum atomic E-state index is 0.270. The summed E-state index contributed by atoms with van der Waals surface area (Å²) in [7, 11) is 0. The smallest absolute Gasteiger partial charge is 0.0587 e. The van der Waals surface area contributed by atoms with E-state index < -0.39 is 0 Å². The van der Waals surface area contributed by atoms with Crippen molar-refractivity contribution in [3.8, 4) is 0 Å². The highest BCUT2D eigenvalue weighted by molar-refractivity contribution is 5.10. The molecule has 92 valence electrons. The van der Waals surface area contributed by atoms with Crippen LogP contribution in [-0.2, 0) is 0 Å². The summed E-state index contributed by atoms with van der Waals surface area (Å²) in [6, 6.07) is 0.285. The number of nitrogens with one attached hydrogen (secondary N) is 1. The lowest BCUT2D eigenvalue weighted by Gasteiger charge is -2.26. The molecule has 0 radical (unpaired) electrons. The predicted octanol–water partition coefficient (Wildman–Crippen LogP) is 2.20. The first-order chi connectivity index (χ1) is 7.74. The van der Waals surface area contributed by atoms with Gasteiger partial charge in [-0.15, -0.1) is 0 Å². The van der Waals surface area contributed by atoms with E-state index in [2.05, 4.69) is 31.3 Å². The molecule has 0 spiro atoms. The number of fused-ring (bicyclic) bond motifs is 2. The van der Waals surface area contributed by atoms with Gasteiger partial charge in [-0.25, -0.2) is 0 Å². The third kappa shape index (κ3) is 2.49. The fourth-order valence-electron chi connectivity index (χ4n) is 3.16. The van der Waals surface area contributed by atoms with Gasteiger partial charge in [0.05, 0.1) is 6.61 Å². The maximum Gasteiger partial charge on any atom is 0.0587 e. The van der Waals surface area contributed by atoms with E-state index in [4.69, 9.17) is 0 Å². The lowest BCUT2D eigenvalue weighted by atomic mass is 9.92. The number of rotatable bonds is 6. The molecular weight excluding hydrogens is 198 g/mol. The van der Waals surface area contributed by atoms with Crippen molar-refractivity contribution in [2.24, 2.45) is 23.7 Å². The topological polar surface area (TPSA) is 32.3 Å². The second kappa shape index (κ2) is 5.33. The summed E-state index contributed by atoms with van der Waals surface area (Å²) in [6.07, 6.45) is 8.65. The lowest BCUT2D eigenvalue weighted by molar-refractivity contribution is 0.194. The van der Waals surface area contributed by atoms with Crippen molar-refractivity contribution in [3.05, 3.63) is 12.2 Å². The monoisotopic (exact) mass is 223 g/mol. The summed E-state index contributed by atoms with van der Waals surface area (Å²) in [5.41, 5.74) is 0. The molecular formula is C14H25NO. The average molecular weight is 223 g/mol.